The van der Waals surface area contributed by atoms with Gasteiger partial charge in [0, 0.05) is 27.9 Å². The zero-order valence-electron chi connectivity index (χ0n) is 14.3. The molecule has 27 heavy (non-hydrogen) atoms. The molecule has 2 aromatic rings. The number of nitrogens with zero attached hydrogens (tertiary/aromatic N) is 2. The van der Waals surface area contributed by atoms with E-state index in [9.17, 15) is 13.2 Å². The van der Waals surface area contributed by atoms with E-state index in [2.05, 4.69) is 0 Å². The normalized spacial score (nSPS) is 19.9. The van der Waals surface area contributed by atoms with Gasteiger partial charge in [-0.1, -0.05) is 11.6 Å². The summed E-state index contributed by atoms with van der Waals surface area (Å²) in [5.41, 5.74) is -0.907. The Hall–Kier alpha value is -1.88. The van der Waals surface area contributed by atoms with Crippen LogP contribution >= 0.6 is 23.4 Å². The third kappa shape index (κ3) is 4.70. The molecule has 2 atom stereocenters. The molecule has 8 heteroatoms. The lowest BCUT2D eigenvalue weighted by atomic mass is 10.1. The number of alkyl halides is 3. The van der Waals surface area contributed by atoms with Crippen molar-refractivity contribution in [3.05, 3.63) is 58.6 Å². The van der Waals surface area contributed by atoms with E-state index in [1.54, 1.807) is 29.7 Å². The van der Waals surface area contributed by atoms with E-state index in [-0.39, 0.29) is 17.9 Å². The maximum Gasteiger partial charge on any atom is 0.417 e. The number of benzene rings is 2. The summed E-state index contributed by atoms with van der Waals surface area (Å²) in [5.74, 6) is 0.672. The standard InChI is InChI=1S/C19H16ClF3N2OS/c1-12-25(15-5-2-13(9-24)18(8-15)19(21,22)23)10-16(26-12)11-27-17-6-3-14(20)4-7-17/h2-8,12,16H,10-11H2,1H3/t12-,16+/m1/s1. The largest absolute Gasteiger partial charge is 0.417 e. The highest BCUT2D eigenvalue weighted by atomic mass is 35.5. The van der Waals surface area contributed by atoms with E-state index in [1.807, 2.05) is 24.3 Å². The molecule has 0 aromatic heterocycles. The molecule has 3 rings (SSSR count). The highest BCUT2D eigenvalue weighted by Crippen LogP contribution is 2.36. The topological polar surface area (TPSA) is 36.3 Å². The van der Waals surface area contributed by atoms with Crippen molar-refractivity contribution in [2.24, 2.45) is 0 Å². The lowest BCUT2D eigenvalue weighted by molar-refractivity contribution is -0.137. The van der Waals surface area contributed by atoms with Crippen LogP contribution in [0.15, 0.2) is 47.4 Å². The summed E-state index contributed by atoms with van der Waals surface area (Å²) in [4.78, 5) is 2.83. The van der Waals surface area contributed by atoms with Crippen LogP contribution in [0.2, 0.25) is 5.02 Å². The molecule has 0 N–H and O–H groups in total. The van der Waals surface area contributed by atoms with Crippen molar-refractivity contribution < 1.29 is 17.9 Å². The number of hydrogen-bond donors (Lipinski definition) is 0. The Morgan fingerprint density at radius 2 is 1.96 bits per heavy atom. The Labute approximate surface area is 164 Å². The van der Waals surface area contributed by atoms with E-state index in [0.29, 0.717) is 23.0 Å². The second kappa shape index (κ2) is 8.01. The Morgan fingerprint density at radius 3 is 2.59 bits per heavy atom. The van der Waals surface area contributed by atoms with Crippen molar-refractivity contribution in [1.29, 1.82) is 5.26 Å². The van der Waals surface area contributed by atoms with Gasteiger partial charge < -0.3 is 9.64 Å². The predicted octanol–water partition coefficient (Wildman–Crippen LogP) is 5.57. The highest BCUT2D eigenvalue weighted by molar-refractivity contribution is 7.99. The Balaban J connectivity index is 1.71. The molecular weight excluding hydrogens is 397 g/mol. The van der Waals surface area contributed by atoms with E-state index < -0.39 is 11.7 Å². The molecule has 1 saturated heterocycles. The third-order valence-corrected chi connectivity index (χ3v) is 5.63. The minimum atomic E-state index is -4.57. The van der Waals surface area contributed by atoms with Crippen LogP contribution in [0.25, 0.3) is 0 Å². The number of ether oxygens (including phenoxy) is 1. The van der Waals surface area contributed by atoms with Gasteiger partial charge in [-0.05, 0) is 49.4 Å². The summed E-state index contributed by atoms with van der Waals surface area (Å²) < 4.78 is 45.5. The summed E-state index contributed by atoms with van der Waals surface area (Å²) in [6.45, 7) is 2.28. The second-order valence-corrected chi connectivity index (χ2v) is 7.64. The minimum absolute atomic E-state index is 0.120. The van der Waals surface area contributed by atoms with Crippen molar-refractivity contribution in [2.75, 3.05) is 17.2 Å². The lowest BCUT2D eigenvalue weighted by Crippen LogP contribution is -2.28. The van der Waals surface area contributed by atoms with Crippen molar-refractivity contribution in [3.63, 3.8) is 0 Å². The van der Waals surface area contributed by atoms with Crippen molar-refractivity contribution >= 4 is 29.1 Å². The smallest absolute Gasteiger partial charge is 0.353 e. The van der Waals surface area contributed by atoms with Crippen LogP contribution in [0.1, 0.15) is 18.1 Å². The lowest BCUT2D eigenvalue weighted by Gasteiger charge is -2.23. The molecule has 142 valence electrons. The molecule has 0 saturated carbocycles. The predicted molar refractivity (Wildman–Crippen MR) is 100 cm³/mol. The molecule has 0 amide bonds. The van der Waals surface area contributed by atoms with Gasteiger partial charge in [0.15, 0.2) is 0 Å². The zero-order chi connectivity index (χ0) is 19.6. The highest BCUT2D eigenvalue weighted by Gasteiger charge is 2.36. The van der Waals surface area contributed by atoms with Gasteiger partial charge in [0.25, 0.3) is 0 Å². The molecule has 0 unspecified atom stereocenters. The number of thioether (sulfide) groups is 1. The summed E-state index contributed by atoms with van der Waals surface area (Å²) in [5, 5.41) is 9.59. The molecule has 3 nitrogen and oxygen atoms in total. The number of halogens is 4. The number of rotatable bonds is 4. The monoisotopic (exact) mass is 412 g/mol. The quantitative estimate of drug-likeness (QED) is 0.615. The van der Waals surface area contributed by atoms with Crippen LogP contribution < -0.4 is 4.90 Å². The Bertz CT molecular complexity index is 852. The molecule has 0 bridgehead atoms. The molecule has 2 aromatic carbocycles. The number of anilines is 1. The maximum atomic E-state index is 13.2. The first kappa shape index (κ1) is 19.9. The third-order valence-electron chi connectivity index (χ3n) is 4.24. The summed E-state index contributed by atoms with van der Waals surface area (Å²) in [6, 6.07) is 12.8. The zero-order valence-corrected chi connectivity index (χ0v) is 15.9. The maximum absolute atomic E-state index is 13.2. The van der Waals surface area contributed by atoms with Crippen molar-refractivity contribution in [1.82, 2.24) is 0 Å². The van der Waals surface area contributed by atoms with E-state index in [4.69, 9.17) is 21.6 Å². The fourth-order valence-electron chi connectivity index (χ4n) is 2.93. The van der Waals surface area contributed by atoms with E-state index in [1.165, 1.54) is 12.1 Å². The Kier molecular flexibility index (Phi) is 5.89. The SMILES string of the molecule is C[C@H]1O[C@H](CSc2ccc(Cl)cc2)CN1c1ccc(C#N)c(C(F)(F)F)c1. The molecular formula is C19H16ClF3N2OS. The van der Waals surface area contributed by atoms with Crippen molar-refractivity contribution in [2.45, 2.75) is 30.3 Å². The van der Waals surface area contributed by atoms with Crippen LogP contribution in [0.3, 0.4) is 0 Å². The van der Waals surface area contributed by atoms with Crippen LogP contribution in [0, 0.1) is 11.3 Å². The van der Waals surface area contributed by atoms with Gasteiger partial charge in [-0.15, -0.1) is 11.8 Å². The minimum Gasteiger partial charge on any atom is -0.353 e. The molecule has 1 aliphatic rings. The van der Waals surface area contributed by atoms with Gasteiger partial charge in [0.2, 0.25) is 0 Å². The number of hydrogen-bond acceptors (Lipinski definition) is 4. The molecule has 0 spiro atoms. The molecule has 0 radical (unpaired) electrons. The van der Waals surface area contributed by atoms with E-state index >= 15 is 0 Å². The molecule has 0 aliphatic carbocycles. The summed E-state index contributed by atoms with van der Waals surface area (Å²) in [7, 11) is 0. The van der Waals surface area contributed by atoms with Crippen LogP contribution in [0.5, 0.6) is 0 Å². The van der Waals surface area contributed by atoms with Gasteiger partial charge in [0.05, 0.1) is 23.3 Å². The van der Waals surface area contributed by atoms with Gasteiger partial charge in [-0.3, -0.25) is 0 Å². The average molecular weight is 413 g/mol. The summed E-state index contributed by atoms with van der Waals surface area (Å²) in [6.07, 6.45) is -5.05. The van der Waals surface area contributed by atoms with Gasteiger partial charge in [0.1, 0.15) is 6.23 Å². The first-order valence-electron chi connectivity index (χ1n) is 8.20. The van der Waals surface area contributed by atoms with Crippen LogP contribution in [-0.2, 0) is 10.9 Å². The fourth-order valence-corrected chi connectivity index (χ4v) is 3.95. The molecule has 1 aliphatic heterocycles. The van der Waals surface area contributed by atoms with E-state index in [0.717, 1.165) is 11.0 Å². The number of nitriles is 1. The Morgan fingerprint density at radius 1 is 1.26 bits per heavy atom. The average Bonchev–Trinajstić information content (AvgIpc) is 3.00. The molecule has 1 heterocycles. The van der Waals surface area contributed by atoms with Gasteiger partial charge in [-0.25, -0.2) is 0 Å². The first-order chi connectivity index (χ1) is 12.8. The van der Waals surface area contributed by atoms with Crippen LogP contribution in [0.4, 0.5) is 18.9 Å². The molecule has 1 fully saturated rings. The first-order valence-corrected chi connectivity index (χ1v) is 9.56. The van der Waals surface area contributed by atoms with Gasteiger partial charge >= 0.3 is 6.18 Å². The van der Waals surface area contributed by atoms with Crippen LogP contribution in [-0.4, -0.2) is 24.6 Å². The van der Waals surface area contributed by atoms with Gasteiger partial charge in [-0.2, -0.15) is 18.4 Å². The van der Waals surface area contributed by atoms with Crippen molar-refractivity contribution in [3.8, 4) is 6.07 Å². The fraction of sp³-hybridized carbons (Fsp3) is 0.316. The summed E-state index contributed by atoms with van der Waals surface area (Å²) >= 11 is 7.48. The second-order valence-electron chi connectivity index (χ2n) is 6.11.